The van der Waals surface area contributed by atoms with Gasteiger partial charge in [0, 0.05) is 5.69 Å². The van der Waals surface area contributed by atoms with Crippen LogP contribution in [-0.2, 0) is 0 Å². The van der Waals surface area contributed by atoms with Crippen LogP contribution in [0.2, 0.25) is 0 Å². The van der Waals surface area contributed by atoms with Gasteiger partial charge in [0.2, 0.25) is 0 Å². The average molecular weight is 343 g/mol. The molecule has 5 heteroatoms. The van der Waals surface area contributed by atoms with Crippen LogP contribution in [0, 0.1) is 0 Å². The van der Waals surface area contributed by atoms with E-state index >= 15 is 0 Å². The lowest BCUT2D eigenvalue weighted by molar-refractivity contribution is -0.887. The predicted molar refractivity (Wildman–Crippen MR) is 99.7 cm³/mol. The highest BCUT2D eigenvalue weighted by atomic mass is 32.2. The molecule has 0 saturated carbocycles. The summed E-state index contributed by atoms with van der Waals surface area (Å²) >= 11 is 3.71. The Bertz CT molecular complexity index is 731. The van der Waals surface area contributed by atoms with Crippen LogP contribution in [0.15, 0.2) is 58.9 Å². The summed E-state index contributed by atoms with van der Waals surface area (Å²) in [6.45, 7) is 4.68. The Morgan fingerprint density at radius 2 is 1.74 bits per heavy atom. The zero-order chi connectivity index (χ0) is 15.5. The molecule has 4 rings (SSSR count). The van der Waals surface area contributed by atoms with Gasteiger partial charge >= 0.3 is 0 Å². The van der Waals surface area contributed by atoms with E-state index in [1.54, 1.807) is 4.90 Å². The predicted octanol–water partition coefficient (Wildman–Crippen LogP) is 2.75. The lowest BCUT2D eigenvalue weighted by Gasteiger charge is -2.33. The number of quaternary nitrogens is 1. The molecule has 0 amide bonds. The van der Waals surface area contributed by atoms with E-state index in [0.717, 1.165) is 24.5 Å². The SMILES string of the molecule is c1ccc(N2CC[NH+](CSc3nc4ccccc4s3)CC2)cc1. The summed E-state index contributed by atoms with van der Waals surface area (Å²) in [5, 5.41) is 0. The van der Waals surface area contributed by atoms with Gasteiger partial charge in [-0.25, -0.2) is 4.98 Å². The van der Waals surface area contributed by atoms with Crippen molar-refractivity contribution in [1.29, 1.82) is 0 Å². The minimum absolute atomic E-state index is 1.11. The molecule has 1 saturated heterocycles. The number of hydrogen-bond donors (Lipinski definition) is 1. The van der Waals surface area contributed by atoms with Crippen LogP contribution in [0.3, 0.4) is 0 Å². The monoisotopic (exact) mass is 342 g/mol. The summed E-state index contributed by atoms with van der Waals surface area (Å²) in [4.78, 5) is 8.88. The zero-order valence-corrected chi connectivity index (χ0v) is 14.6. The molecule has 1 aromatic heterocycles. The third-order valence-corrected chi connectivity index (χ3v) is 6.59. The Labute approximate surface area is 144 Å². The van der Waals surface area contributed by atoms with E-state index in [1.165, 1.54) is 27.8 Å². The number of fused-ring (bicyclic) bond motifs is 1. The second-order valence-corrected chi connectivity index (χ2v) is 8.06. The van der Waals surface area contributed by atoms with E-state index in [-0.39, 0.29) is 0 Å². The van der Waals surface area contributed by atoms with Gasteiger partial charge in [0.05, 0.1) is 36.4 Å². The normalized spacial score (nSPS) is 16.1. The molecule has 23 heavy (non-hydrogen) atoms. The van der Waals surface area contributed by atoms with Gasteiger partial charge in [-0.3, -0.25) is 0 Å². The Morgan fingerprint density at radius 1 is 1.00 bits per heavy atom. The van der Waals surface area contributed by atoms with E-state index in [9.17, 15) is 0 Å². The minimum atomic E-state index is 1.11. The molecule has 3 nitrogen and oxygen atoms in total. The Kier molecular flexibility index (Phi) is 4.50. The third-order valence-electron chi connectivity index (χ3n) is 4.27. The fraction of sp³-hybridized carbons (Fsp3) is 0.278. The number of benzene rings is 2. The van der Waals surface area contributed by atoms with Crippen LogP contribution in [0.1, 0.15) is 0 Å². The van der Waals surface area contributed by atoms with Crippen LogP contribution in [0.25, 0.3) is 10.2 Å². The smallest absolute Gasteiger partial charge is 0.156 e. The number of thioether (sulfide) groups is 1. The molecule has 1 aliphatic heterocycles. The second kappa shape index (κ2) is 6.91. The van der Waals surface area contributed by atoms with Gasteiger partial charge in [-0.2, -0.15) is 0 Å². The Hall–Kier alpha value is -1.56. The number of piperazine rings is 1. The maximum absolute atomic E-state index is 4.72. The Balaban J connectivity index is 1.31. The number of anilines is 1. The topological polar surface area (TPSA) is 20.6 Å². The first kappa shape index (κ1) is 15.0. The standard InChI is InChI=1S/C18H19N3S2/c1-2-6-15(7-3-1)21-12-10-20(11-13-21)14-22-18-19-16-8-4-5-9-17(16)23-18/h1-9H,10-14H2/p+1. The van der Waals surface area contributed by atoms with E-state index in [4.69, 9.17) is 4.98 Å². The van der Waals surface area contributed by atoms with Crippen molar-refractivity contribution in [3.63, 3.8) is 0 Å². The number of aromatic nitrogens is 1. The van der Waals surface area contributed by atoms with E-state index < -0.39 is 0 Å². The van der Waals surface area contributed by atoms with Gasteiger partial charge in [-0.1, -0.05) is 30.3 Å². The second-order valence-electron chi connectivity index (χ2n) is 5.81. The number of hydrogen-bond acceptors (Lipinski definition) is 4. The molecule has 2 heterocycles. The molecule has 1 fully saturated rings. The van der Waals surface area contributed by atoms with Crippen LogP contribution < -0.4 is 9.80 Å². The highest BCUT2D eigenvalue weighted by Crippen LogP contribution is 2.28. The van der Waals surface area contributed by atoms with Gasteiger partial charge in [-0.15, -0.1) is 11.3 Å². The van der Waals surface area contributed by atoms with Gasteiger partial charge in [-0.05, 0) is 36.0 Å². The lowest BCUT2D eigenvalue weighted by Crippen LogP contribution is -3.14. The van der Waals surface area contributed by atoms with Crippen LogP contribution in [0.4, 0.5) is 5.69 Å². The molecule has 0 radical (unpaired) electrons. The quantitative estimate of drug-likeness (QED) is 0.737. The summed E-state index contributed by atoms with van der Waals surface area (Å²) in [7, 11) is 0. The van der Waals surface area contributed by atoms with Crippen molar-refractivity contribution in [1.82, 2.24) is 4.98 Å². The molecule has 1 N–H and O–H groups in total. The summed E-state index contributed by atoms with van der Waals surface area (Å²) in [6, 6.07) is 19.1. The van der Waals surface area contributed by atoms with Crippen LogP contribution in [0.5, 0.6) is 0 Å². The summed E-state index contributed by atoms with van der Waals surface area (Å²) in [5.74, 6) is 1.11. The zero-order valence-electron chi connectivity index (χ0n) is 12.9. The maximum Gasteiger partial charge on any atom is 0.156 e. The van der Waals surface area contributed by atoms with Crippen molar-refractivity contribution in [2.75, 3.05) is 37.0 Å². The van der Waals surface area contributed by atoms with Crippen molar-refractivity contribution in [2.45, 2.75) is 4.34 Å². The third kappa shape index (κ3) is 3.52. The molecule has 0 atom stereocenters. The van der Waals surface area contributed by atoms with E-state index in [1.807, 2.05) is 23.1 Å². The van der Waals surface area contributed by atoms with Crippen molar-refractivity contribution in [2.24, 2.45) is 0 Å². The molecule has 118 valence electrons. The molecule has 1 aliphatic rings. The first-order valence-electron chi connectivity index (χ1n) is 8.00. The summed E-state index contributed by atoms with van der Waals surface area (Å²) in [5.41, 5.74) is 2.48. The number of rotatable bonds is 4. The largest absolute Gasteiger partial charge is 0.360 e. The molecule has 0 aliphatic carbocycles. The molecule has 0 unspecified atom stereocenters. The van der Waals surface area contributed by atoms with Gasteiger partial charge in [0.15, 0.2) is 4.34 Å². The maximum atomic E-state index is 4.72. The molecular weight excluding hydrogens is 322 g/mol. The van der Waals surface area contributed by atoms with Crippen molar-refractivity contribution < 1.29 is 4.90 Å². The van der Waals surface area contributed by atoms with Gasteiger partial charge < -0.3 is 9.80 Å². The molecule has 2 aromatic carbocycles. The fourth-order valence-electron chi connectivity index (χ4n) is 2.94. The highest BCUT2D eigenvalue weighted by molar-refractivity contribution is 8.00. The molecule has 0 spiro atoms. The first-order chi connectivity index (χ1) is 11.4. The summed E-state index contributed by atoms with van der Waals surface area (Å²) in [6.07, 6.45) is 0. The van der Waals surface area contributed by atoms with Crippen molar-refractivity contribution >= 4 is 39.0 Å². The molecule has 0 bridgehead atoms. The van der Waals surface area contributed by atoms with E-state index in [2.05, 4.69) is 59.5 Å². The highest BCUT2D eigenvalue weighted by Gasteiger charge is 2.20. The number of thiazole rings is 1. The first-order valence-corrected chi connectivity index (χ1v) is 9.81. The molecule has 3 aromatic rings. The molecular formula is C18H20N3S2+. The number of nitrogens with zero attached hydrogens (tertiary/aromatic N) is 2. The van der Waals surface area contributed by atoms with Gasteiger partial charge in [0.25, 0.3) is 0 Å². The minimum Gasteiger partial charge on any atom is -0.360 e. The Morgan fingerprint density at radius 3 is 2.52 bits per heavy atom. The average Bonchev–Trinajstić information content (AvgIpc) is 3.04. The summed E-state index contributed by atoms with van der Waals surface area (Å²) < 4.78 is 2.49. The van der Waals surface area contributed by atoms with Crippen molar-refractivity contribution in [3.05, 3.63) is 54.6 Å². The number of nitrogens with one attached hydrogen (secondary N) is 1. The van der Waals surface area contributed by atoms with Crippen LogP contribution >= 0.6 is 23.1 Å². The van der Waals surface area contributed by atoms with E-state index in [0.29, 0.717) is 0 Å². The fourth-order valence-corrected chi connectivity index (χ4v) is 5.10. The van der Waals surface area contributed by atoms with Crippen LogP contribution in [-0.4, -0.2) is 37.0 Å². The number of para-hydroxylation sites is 2. The van der Waals surface area contributed by atoms with Crippen molar-refractivity contribution in [3.8, 4) is 0 Å². The van der Waals surface area contributed by atoms with Gasteiger partial charge in [0.1, 0.15) is 5.88 Å². The lowest BCUT2D eigenvalue weighted by atomic mass is 10.2.